The molecule has 110 valence electrons. The third-order valence-electron chi connectivity index (χ3n) is 3.09. The summed E-state index contributed by atoms with van der Waals surface area (Å²) >= 11 is 0. The summed E-state index contributed by atoms with van der Waals surface area (Å²) in [6.45, 7) is 0.521. The van der Waals surface area contributed by atoms with Crippen molar-refractivity contribution in [3.63, 3.8) is 0 Å². The van der Waals surface area contributed by atoms with Gasteiger partial charge in [-0.1, -0.05) is 18.2 Å². The topological polar surface area (TPSA) is 80.0 Å². The quantitative estimate of drug-likeness (QED) is 0.773. The molecule has 0 radical (unpaired) electrons. The highest BCUT2D eigenvalue weighted by Crippen LogP contribution is 2.17. The molecule has 0 saturated heterocycles. The normalized spacial score (nSPS) is 10.4. The second-order valence-corrected chi connectivity index (χ2v) is 4.72. The van der Waals surface area contributed by atoms with Crippen molar-refractivity contribution < 1.29 is 9.90 Å². The number of para-hydroxylation sites is 1. The fraction of sp³-hybridized carbons (Fsp3) is 0.0625. The molecule has 0 aliphatic carbocycles. The Bertz CT molecular complexity index is 784. The van der Waals surface area contributed by atoms with Crippen molar-refractivity contribution in [1.29, 1.82) is 0 Å². The Balaban J connectivity index is 1.69. The Labute approximate surface area is 127 Å². The largest absolute Gasteiger partial charge is 0.507 e. The number of carbonyl (C=O) groups excluding carboxylic acids is 1. The van der Waals surface area contributed by atoms with Gasteiger partial charge in [0.05, 0.1) is 29.7 Å². The predicted octanol–water partition coefficient (Wildman–Crippen LogP) is 2.28. The lowest BCUT2D eigenvalue weighted by Gasteiger charge is -2.04. The number of anilines is 1. The van der Waals surface area contributed by atoms with E-state index in [4.69, 9.17) is 0 Å². The van der Waals surface area contributed by atoms with Crippen LogP contribution in [-0.4, -0.2) is 25.8 Å². The molecule has 2 N–H and O–H groups in total. The van der Waals surface area contributed by atoms with Crippen LogP contribution in [-0.2, 0) is 6.54 Å². The average molecular weight is 294 g/mol. The van der Waals surface area contributed by atoms with E-state index in [1.807, 2.05) is 18.2 Å². The van der Waals surface area contributed by atoms with Crippen LogP contribution in [0, 0.1) is 0 Å². The van der Waals surface area contributed by atoms with Gasteiger partial charge in [0.1, 0.15) is 5.75 Å². The van der Waals surface area contributed by atoms with Crippen molar-refractivity contribution in [3.8, 4) is 5.75 Å². The zero-order valence-electron chi connectivity index (χ0n) is 11.7. The van der Waals surface area contributed by atoms with E-state index in [2.05, 4.69) is 15.4 Å². The predicted molar refractivity (Wildman–Crippen MR) is 81.6 cm³/mol. The maximum atomic E-state index is 12.1. The Morgan fingerprint density at radius 1 is 1.18 bits per heavy atom. The van der Waals surface area contributed by atoms with Crippen LogP contribution < -0.4 is 5.32 Å². The van der Waals surface area contributed by atoms with Crippen LogP contribution in [0.3, 0.4) is 0 Å². The van der Waals surface area contributed by atoms with Crippen molar-refractivity contribution >= 4 is 11.6 Å². The number of nitrogens with one attached hydrogen (secondary N) is 1. The molecular weight excluding hydrogens is 280 g/mol. The summed E-state index contributed by atoms with van der Waals surface area (Å²) in [5.41, 5.74) is 1.66. The third-order valence-corrected chi connectivity index (χ3v) is 3.09. The molecule has 0 unspecified atom stereocenters. The molecule has 0 aliphatic heterocycles. The molecule has 2 heterocycles. The van der Waals surface area contributed by atoms with E-state index in [0.717, 1.165) is 5.69 Å². The minimum absolute atomic E-state index is 0.0547. The smallest absolute Gasteiger partial charge is 0.259 e. The van der Waals surface area contributed by atoms with Gasteiger partial charge in [0, 0.05) is 12.4 Å². The lowest BCUT2D eigenvalue weighted by atomic mass is 10.2. The molecule has 3 rings (SSSR count). The monoisotopic (exact) mass is 294 g/mol. The first-order chi connectivity index (χ1) is 10.7. The number of aromatic hydroxyl groups is 1. The number of rotatable bonds is 4. The van der Waals surface area contributed by atoms with Crippen LogP contribution in [0.25, 0.3) is 0 Å². The molecule has 0 spiro atoms. The van der Waals surface area contributed by atoms with E-state index in [1.165, 1.54) is 6.07 Å². The standard InChI is InChI=1S/C16H14N4O2/c21-15-7-2-1-6-14(15)16(22)19-13-9-18-20(11-13)10-12-5-3-4-8-17-12/h1-9,11,21H,10H2,(H,19,22). The lowest BCUT2D eigenvalue weighted by Crippen LogP contribution is -2.11. The Morgan fingerprint density at radius 2 is 2.00 bits per heavy atom. The zero-order chi connectivity index (χ0) is 15.4. The Hall–Kier alpha value is -3.15. The highest BCUT2D eigenvalue weighted by Gasteiger charge is 2.11. The van der Waals surface area contributed by atoms with Gasteiger partial charge in [-0.2, -0.15) is 5.10 Å². The number of phenols is 1. The summed E-state index contributed by atoms with van der Waals surface area (Å²) in [6, 6.07) is 12.1. The number of hydrogen-bond acceptors (Lipinski definition) is 4. The van der Waals surface area contributed by atoms with E-state index in [0.29, 0.717) is 12.2 Å². The first-order valence-electron chi connectivity index (χ1n) is 6.74. The number of hydrogen-bond donors (Lipinski definition) is 2. The summed E-state index contributed by atoms with van der Waals surface area (Å²) < 4.78 is 1.68. The highest BCUT2D eigenvalue weighted by molar-refractivity contribution is 6.05. The van der Waals surface area contributed by atoms with Crippen LogP contribution in [0.4, 0.5) is 5.69 Å². The zero-order valence-corrected chi connectivity index (χ0v) is 11.7. The second-order valence-electron chi connectivity index (χ2n) is 4.72. The van der Waals surface area contributed by atoms with Crippen molar-refractivity contribution in [2.24, 2.45) is 0 Å². The first-order valence-corrected chi connectivity index (χ1v) is 6.74. The second kappa shape index (κ2) is 6.09. The van der Waals surface area contributed by atoms with E-state index in [9.17, 15) is 9.90 Å². The number of phenolic OH excluding ortho intramolecular Hbond substituents is 1. The average Bonchev–Trinajstić information content (AvgIpc) is 2.95. The molecule has 0 fully saturated rings. The number of aromatic nitrogens is 3. The molecular formula is C16H14N4O2. The van der Waals surface area contributed by atoms with Gasteiger partial charge < -0.3 is 10.4 Å². The van der Waals surface area contributed by atoms with E-state index in [1.54, 1.807) is 41.5 Å². The summed E-state index contributed by atoms with van der Waals surface area (Å²) in [7, 11) is 0. The molecule has 6 heteroatoms. The van der Waals surface area contributed by atoms with Gasteiger partial charge >= 0.3 is 0 Å². The summed E-state index contributed by atoms with van der Waals surface area (Å²) in [4.78, 5) is 16.3. The minimum atomic E-state index is -0.379. The van der Waals surface area contributed by atoms with Gasteiger partial charge in [0.25, 0.3) is 5.91 Å². The number of pyridine rings is 1. The van der Waals surface area contributed by atoms with E-state index >= 15 is 0 Å². The maximum absolute atomic E-state index is 12.1. The van der Waals surface area contributed by atoms with Crippen LogP contribution in [0.15, 0.2) is 61.1 Å². The number of nitrogens with zero attached hydrogens (tertiary/aromatic N) is 3. The summed E-state index contributed by atoms with van der Waals surface area (Å²) in [6.07, 6.45) is 4.99. The summed E-state index contributed by atoms with van der Waals surface area (Å²) in [5.74, 6) is -0.434. The third kappa shape index (κ3) is 3.12. The fourth-order valence-corrected chi connectivity index (χ4v) is 2.04. The molecule has 0 saturated carbocycles. The number of benzene rings is 1. The van der Waals surface area contributed by atoms with Gasteiger partial charge in [-0.15, -0.1) is 0 Å². The SMILES string of the molecule is O=C(Nc1cnn(Cc2ccccn2)c1)c1ccccc1O. The van der Waals surface area contributed by atoms with Crippen LogP contribution in [0.1, 0.15) is 16.1 Å². The lowest BCUT2D eigenvalue weighted by molar-refractivity contribution is 0.102. The fourth-order valence-electron chi connectivity index (χ4n) is 2.04. The van der Waals surface area contributed by atoms with Gasteiger partial charge in [0.15, 0.2) is 0 Å². The van der Waals surface area contributed by atoms with Gasteiger partial charge in [-0.3, -0.25) is 14.5 Å². The molecule has 22 heavy (non-hydrogen) atoms. The van der Waals surface area contributed by atoms with E-state index < -0.39 is 0 Å². The molecule has 1 aromatic carbocycles. The van der Waals surface area contributed by atoms with Gasteiger partial charge in [0.2, 0.25) is 0 Å². The van der Waals surface area contributed by atoms with Gasteiger partial charge in [-0.25, -0.2) is 0 Å². The number of amides is 1. The molecule has 6 nitrogen and oxygen atoms in total. The molecule has 0 atom stereocenters. The Kier molecular flexibility index (Phi) is 3.82. The molecule has 0 aliphatic rings. The molecule has 1 amide bonds. The Morgan fingerprint density at radius 3 is 2.77 bits per heavy atom. The van der Waals surface area contributed by atoms with Crippen LogP contribution in [0.2, 0.25) is 0 Å². The highest BCUT2D eigenvalue weighted by atomic mass is 16.3. The van der Waals surface area contributed by atoms with Crippen molar-refractivity contribution in [1.82, 2.24) is 14.8 Å². The van der Waals surface area contributed by atoms with Crippen molar-refractivity contribution in [3.05, 3.63) is 72.3 Å². The van der Waals surface area contributed by atoms with Gasteiger partial charge in [-0.05, 0) is 24.3 Å². The molecule has 3 aromatic rings. The van der Waals surface area contributed by atoms with Crippen LogP contribution in [0.5, 0.6) is 5.75 Å². The molecule has 0 bridgehead atoms. The van der Waals surface area contributed by atoms with Crippen LogP contribution >= 0.6 is 0 Å². The first kappa shape index (κ1) is 13.8. The maximum Gasteiger partial charge on any atom is 0.259 e. The summed E-state index contributed by atoms with van der Waals surface area (Å²) in [5, 5.41) is 16.6. The minimum Gasteiger partial charge on any atom is -0.507 e. The number of carbonyl (C=O) groups is 1. The van der Waals surface area contributed by atoms with Crippen molar-refractivity contribution in [2.75, 3.05) is 5.32 Å². The molecule has 2 aromatic heterocycles. The van der Waals surface area contributed by atoms with E-state index in [-0.39, 0.29) is 17.2 Å². The van der Waals surface area contributed by atoms with Crippen molar-refractivity contribution in [2.45, 2.75) is 6.54 Å².